The third kappa shape index (κ3) is 45.2. The molecule has 0 radical (unpaired) electrons. The van der Waals surface area contributed by atoms with Gasteiger partial charge in [0.1, 0.15) is 13.2 Å². The molecule has 0 rings (SSSR count). The van der Waals surface area contributed by atoms with Crippen LogP contribution in [0.1, 0.15) is 194 Å². The quantitative estimate of drug-likeness (QED) is 0.0264. The zero-order valence-corrected chi connectivity index (χ0v) is 38.4. The Hall–Kier alpha value is -3.93. The Balaban J connectivity index is 4.53. The minimum Gasteiger partial charge on any atom is -0.462 e. The minimum atomic E-state index is -0.830. The second-order valence-corrected chi connectivity index (χ2v) is 15.5. The summed E-state index contributed by atoms with van der Waals surface area (Å²) in [4.78, 5) is 37.8. The summed E-state index contributed by atoms with van der Waals surface area (Å²) in [5.74, 6) is -1.04. The molecule has 0 aliphatic rings. The van der Waals surface area contributed by atoms with Gasteiger partial charge < -0.3 is 14.2 Å². The first-order valence-corrected chi connectivity index (χ1v) is 24.0. The lowest BCUT2D eigenvalue weighted by Gasteiger charge is -2.18. The molecule has 0 N–H and O–H groups in total. The van der Waals surface area contributed by atoms with E-state index in [2.05, 4.69) is 39.0 Å². The molecular weight excluding hydrogens is 745 g/mol. The monoisotopic (exact) mass is 831 g/mol. The van der Waals surface area contributed by atoms with Gasteiger partial charge >= 0.3 is 17.9 Å². The summed E-state index contributed by atoms with van der Waals surface area (Å²) >= 11 is 0. The predicted octanol–water partition coefficient (Wildman–Crippen LogP) is 15.6. The first-order valence-electron chi connectivity index (χ1n) is 24.0. The largest absolute Gasteiger partial charge is 0.462 e. The maximum atomic E-state index is 12.7. The number of carbonyl (C=O) groups is 3. The van der Waals surface area contributed by atoms with E-state index in [0.29, 0.717) is 19.3 Å². The molecule has 0 aliphatic carbocycles. The SMILES string of the molecule is CC/C=C/C=C/C=C/C=C/C=C/CCCC(=O)OC(COC(=O)CCCCC/C=C/C=C/C=C/C=C/CC)COC(=O)CCCCCCCCCCCCCCCCCC. The zero-order valence-electron chi connectivity index (χ0n) is 38.4. The van der Waals surface area contributed by atoms with Gasteiger partial charge in [0.15, 0.2) is 6.10 Å². The van der Waals surface area contributed by atoms with Gasteiger partial charge in [-0.15, -0.1) is 0 Å². The molecule has 0 spiro atoms. The van der Waals surface area contributed by atoms with Crippen LogP contribution in [0.25, 0.3) is 0 Å². The molecule has 0 heterocycles. The molecule has 0 aromatic carbocycles. The van der Waals surface area contributed by atoms with Crippen LogP contribution < -0.4 is 0 Å². The fourth-order valence-electron chi connectivity index (χ4n) is 6.19. The van der Waals surface area contributed by atoms with E-state index < -0.39 is 12.1 Å². The molecule has 6 nitrogen and oxygen atoms in total. The molecule has 0 amide bonds. The number of hydrogen-bond acceptors (Lipinski definition) is 6. The molecule has 0 bridgehead atoms. The van der Waals surface area contributed by atoms with Crippen molar-refractivity contribution in [3.05, 3.63) is 109 Å². The van der Waals surface area contributed by atoms with Crippen molar-refractivity contribution < 1.29 is 28.6 Å². The highest BCUT2D eigenvalue weighted by molar-refractivity contribution is 5.71. The lowest BCUT2D eigenvalue weighted by atomic mass is 10.0. The maximum absolute atomic E-state index is 12.7. The van der Waals surface area contributed by atoms with E-state index in [1.807, 2.05) is 91.1 Å². The van der Waals surface area contributed by atoms with E-state index >= 15 is 0 Å². The van der Waals surface area contributed by atoms with Gasteiger partial charge in [0.05, 0.1) is 0 Å². The van der Waals surface area contributed by atoms with Gasteiger partial charge in [-0.05, 0) is 51.4 Å². The highest BCUT2D eigenvalue weighted by Crippen LogP contribution is 2.15. The van der Waals surface area contributed by atoms with Crippen LogP contribution in [0.15, 0.2) is 109 Å². The molecular formula is C54H86O6. The van der Waals surface area contributed by atoms with E-state index in [1.54, 1.807) is 0 Å². The fraction of sp³-hybridized carbons (Fsp3) is 0.611. The Morgan fingerprint density at radius 1 is 0.350 bits per heavy atom. The number of esters is 3. The summed E-state index contributed by atoms with van der Waals surface area (Å²) in [6, 6.07) is 0. The van der Waals surface area contributed by atoms with Crippen molar-refractivity contribution in [3.63, 3.8) is 0 Å². The van der Waals surface area contributed by atoms with Gasteiger partial charge in [-0.2, -0.15) is 0 Å². The average molecular weight is 831 g/mol. The van der Waals surface area contributed by atoms with Crippen LogP contribution in [0.3, 0.4) is 0 Å². The molecule has 0 fully saturated rings. The molecule has 0 saturated carbocycles. The van der Waals surface area contributed by atoms with Crippen LogP contribution in [0, 0.1) is 0 Å². The molecule has 6 heteroatoms. The van der Waals surface area contributed by atoms with Crippen LogP contribution in [0.4, 0.5) is 0 Å². The smallest absolute Gasteiger partial charge is 0.306 e. The second kappa shape index (κ2) is 47.7. The standard InChI is InChI=1S/C54H86O6/c1-4-7-10-13-16-19-22-25-26-27-30-32-35-38-41-44-47-53(56)59-50-51(60-54(57)48-45-42-39-36-33-29-24-21-18-15-12-9-6-3)49-58-52(55)46-43-40-37-34-31-28-23-20-17-14-11-8-5-2/h8-9,11-12,14-15,17-18,20-21,23-24,28-29,31,33,36,39,51H,4-7,10,13,16,19,22,25-27,30,32,34-35,37-38,40-50H2,1-3H3/b11-8+,12-9+,17-14+,18-15+,23-20+,24-21+,31-28+,33-29+,39-36+. The normalized spacial score (nSPS) is 13.1. The summed E-state index contributed by atoms with van der Waals surface area (Å²) in [7, 11) is 0. The third-order valence-corrected chi connectivity index (χ3v) is 9.75. The molecule has 0 aromatic heterocycles. The summed E-state index contributed by atoms with van der Waals surface area (Å²) in [5, 5.41) is 0. The lowest BCUT2D eigenvalue weighted by Crippen LogP contribution is -2.30. The van der Waals surface area contributed by atoms with Crippen molar-refractivity contribution in [1.29, 1.82) is 0 Å². The Labute approximate surface area is 368 Å². The number of carbonyl (C=O) groups excluding carboxylic acids is 3. The number of unbranched alkanes of at least 4 members (excludes halogenated alkanes) is 19. The number of allylic oxidation sites excluding steroid dienone is 18. The molecule has 0 aliphatic heterocycles. The van der Waals surface area contributed by atoms with E-state index in [0.717, 1.165) is 64.2 Å². The summed E-state index contributed by atoms with van der Waals surface area (Å²) in [6.07, 6.45) is 63.7. The molecule has 1 atom stereocenters. The van der Waals surface area contributed by atoms with Crippen molar-refractivity contribution in [2.24, 2.45) is 0 Å². The lowest BCUT2D eigenvalue weighted by molar-refractivity contribution is -0.167. The summed E-state index contributed by atoms with van der Waals surface area (Å²) in [5.41, 5.74) is 0. The van der Waals surface area contributed by atoms with Gasteiger partial charge in [0.25, 0.3) is 0 Å². The van der Waals surface area contributed by atoms with E-state index in [9.17, 15) is 14.4 Å². The Morgan fingerprint density at radius 2 is 0.667 bits per heavy atom. The van der Waals surface area contributed by atoms with E-state index in [-0.39, 0.29) is 31.6 Å². The van der Waals surface area contributed by atoms with Crippen LogP contribution >= 0.6 is 0 Å². The topological polar surface area (TPSA) is 78.9 Å². The molecule has 0 saturated heterocycles. The minimum absolute atomic E-state index is 0.120. The number of hydrogen-bond donors (Lipinski definition) is 0. The summed E-state index contributed by atoms with van der Waals surface area (Å²) in [6.45, 7) is 6.24. The maximum Gasteiger partial charge on any atom is 0.306 e. The van der Waals surface area contributed by atoms with Gasteiger partial charge in [0.2, 0.25) is 0 Å². The van der Waals surface area contributed by atoms with Gasteiger partial charge in [-0.3, -0.25) is 14.4 Å². The Morgan fingerprint density at radius 3 is 1.07 bits per heavy atom. The van der Waals surface area contributed by atoms with Crippen LogP contribution in [0.5, 0.6) is 0 Å². The van der Waals surface area contributed by atoms with Gasteiger partial charge in [-0.25, -0.2) is 0 Å². The van der Waals surface area contributed by atoms with Gasteiger partial charge in [0, 0.05) is 19.3 Å². The van der Waals surface area contributed by atoms with Crippen molar-refractivity contribution in [2.75, 3.05) is 13.2 Å². The van der Waals surface area contributed by atoms with Crippen molar-refractivity contribution in [2.45, 2.75) is 200 Å². The van der Waals surface area contributed by atoms with Gasteiger partial charge in [-0.1, -0.05) is 233 Å². The van der Waals surface area contributed by atoms with Crippen LogP contribution in [-0.4, -0.2) is 37.2 Å². The van der Waals surface area contributed by atoms with E-state index in [1.165, 1.54) is 83.5 Å². The van der Waals surface area contributed by atoms with Crippen LogP contribution in [-0.2, 0) is 28.6 Å². The Kier molecular flexibility index (Phi) is 44.6. The summed E-state index contributed by atoms with van der Waals surface area (Å²) < 4.78 is 16.6. The van der Waals surface area contributed by atoms with E-state index in [4.69, 9.17) is 14.2 Å². The highest BCUT2D eigenvalue weighted by Gasteiger charge is 2.19. The number of ether oxygens (including phenoxy) is 3. The molecule has 338 valence electrons. The first-order chi connectivity index (χ1) is 29.5. The molecule has 60 heavy (non-hydrogen) atoms. The third-order valence-electron chi connectivity index (χ3n) is 9.75. The zero-order chi connectivity index (χ0) is 43.7. The van der Waals surface area contributed by atoms with Crippen LogP contribution in [0.2, 0.25) is 0 Å². The predicted molar refractivity (Wildman–Crippen MR) is 256 cm³/mol. The van der Waals surface area contributed by atoms with Crippen molar-refractivity contribution in [3.8, 4) is 0 Å². The molecule has 0 aromatic rings. The van der Waals surface area contributed by atoms with Crippen molar-refractivity contribution in [1.82, 2.24) is 0 Å². The second-order valence-electron chi connectivity index (χ2n) is 15.5. The highest BCUT2D eigenvalue weighted by atomic mass is 16.6. The Bertz CT molecular complexity index is 1280. The average Bonchev–Trinajstić information content (AvgIpc) is 3.24. The van der Waals surface area contributed by atoms with Crippen molar-refractivity contribution >= 4 is 17.9 Å². The first kappa shape index (κ1) is 56.1. The fourth-order valence-corrected chi connectivity index (χ4v) is 6.19. The molecule has 1 unspecified atom stereocenters. The number of rotatable bonds is 41.